The molecule has 0 N–H and O–H groups in total. The zero-order valence-electron chi connectivity index (χ0n) is 21.9. The van der Waals surface area contributed by atoms with Gasteiger partial charge in [0.25, 0.3) is 0 Å². The summed E-state index contributed by atoms with van der Waals surface area (Å²) in [6, 6.07) is 18.9. The van der Waals surface area contributed by atoms with Crippen LogP contribution >= 0.6 is 0 Å². The Morgan fingerprint density at radius 2 is 1.03 bits per heavy atom. The Labute approximate surface area is 239 Å². The molecule has 0 heterocycles. The molecule has 4 aromatic carbocycles. The fraction of sp³-hybridized carbons (Fsp3) is 0.400. The first-order valence-electron chi connectivity index (χ1n) is 12.0. The van der Waals surface area contributed by atoms with Crippen molar-refractivity contribution in [2.75, 3.05) is 0 Å². The number of aryl methyl sites for hydroxylation is 2. The summed E-state index contributed by atoms with van der Waals surface area (Å²) < 4.78 is 0. The molecule has 0 aliphatic carbocycles. The molecule has 0 nitrogen and oxygen atoms in total. The summed E-state index contributed by atoms with van der Waals surface area (Å²) in [5, 5.41) is 9.18. The average molecular weight is 589 g/mol. The van der Waals surface area contributed by atoms with E-state index < -0.39 is 8.07 Å². The minimum atomic E-state index is -1.92. The van der Waals surface area contributed by atoms with Gasteiger partial charge in [-0.15, -0.1) is 69.1 Å². The summed E-state index contributed by atoms with van der Waals surface area (Å²) in [6.07, 6.45) is 2.32. The number of hydrogen-bond donors (Lipinski definition) is 0. The molecule has 34 heavy (non-hydrogen) atoms. The van der Waals surface area contributed by atoms with E-state index in [4.69, 9.17) is 0 Å². The topological polar surface area (TPSA) is 0 Å². The second kappa shape index (κ2) is 12.1. The second-order valence-corrected chi connectivity index (χ2v) is 15.3. The van der Waals surface area contributed by atoms with Crippen LogP contribution in [0.15, 0.2) is 48.5 Å². The van der Waals surface area contributed by atoms with Crippen molar-refractivity contribution in [2.24, 2.45) is 11.8 Å². The van der Waals surface area contributed by atoms with Crippen LogP contribution in [0.2, 0.25) is 13.1 Å². The Morgan fingerprint density at radius 1 is 0.676 bits per heavy atom. The summed E-state index contributed by atoms with van der Waals surface area (Å²) in [5.41, 5.74) is 6.08. The Morgan fingerprint density at radius 3 is 1.35 bits per heavy atom. The van der Waals surface area contributed by atoms with E-state index in [-0.39, 0.29) is 51.0 Å². The quantitative estimate of drug-likeness (QED) is 0.235. The summed E-state index contributed by atoms with van der Waals surface area (Å²) in [6.45, 7) is 19.1. The number of fused-ring (bicyclic) bond motifs is 2. The Hall–Kier alpha value is -0.660. The van der Waals surface area contributed by atoms with Crippen LogP contribution in [-0.2, 0) is 39.0 Å². The van der Waals surface area contributed by atoms with E-state index in [1.165, 1.54) is 21.9 Å². The standard InChI is InChI=1S/C30H38Si.2ClH.Zr/c1-19(2)15-25-21(5)17-23-11-9-13-27(29(23)25)31(7,8)28-14-10-12-24-18-22(6)26(30(24)28)16-20(3)4;;;/h9-14,17-20H,15-16H2,1-8H3;2*1H;/q-2;;;+4/p-2. The van der Waals surface area contributed by atoms with E-state index in [1.807, 2.05) is 0 Å². The first-order chi connectivity index (χ1) is 14.6. The summed E-state index contributed by atoms with van der Waals surface area (Å²) >= 11 is 0. The van der Waals surface area contributed by atoms with Gasteiger partial charge in [-0.2, -0.15) is 11.1 Å². The summed E-state index contributed by atoms with van der Waals surface area (Å²) in [4.78, 5) is 0. The zero-order chi connectivity index (χ0) is 22.5. The molecule has 0 amide bonds. The minimum Gasteiger partial charge on any atom is -1.00 e. The third-order valence-corrected chi connectivity index (χ3v) is 10.6. The maximum atomic E-state index is 2.57. The van der Waals surface area contributed by atoms with Gasteiger partial charge >= 0.3 is 26.2 Å². The van der Waals surface area contributed by atoms with Crippen molar-refractivity contribution in [2.45, 2.75) is 67.5 Å². The summed E-state index contributed by atoms with van der Waals surface area (Å²) in [5.74, 6) is 1.34. The van der Waals surface area contributed by atoms with Crippen molar-refractivity contribution in [1.82, 2.24) is 0 Å². The number of rotatable bonds is 6. The van der Waals surface area contributed by atoms with Crippen LogP contribution < -0.4 is 35.2 Å². The van der Waals surface area contributed by atoms with E-state index in [0.29, 0.717) is 11.8 Å². The van der Waals surface area contributed by atoms with Crippen molar-refractivity contribution in [1.29, 1.82) is 0 Å². The maximum absolute atomic E-state index is 2.57. The first-order valence-corrected chi connectivity index (χ1v) is 15.0. The van der Waals surface area contributed by atoms with Crippen molar-refractivity contribution < 1.29 is 51.0 Å². The molecule has 0 atom stereocenters. The SMILES string of the molecule is Cc1[cH-]c2cccc([Si](C)(C)c3cccc4[cH-]c(C)c(CC(C)C)c34)c2c1CC(C)C.[Cl-].[Cl-].[Zr+4]. The molecule has 4 rings (SSSR count). The molecule has 0 aromatic heterocycles. The van der Waals surface area contributed by atoms with Crippen molar-refractivity contribution in [3.63, 3.8) is 0 Å². The van der Waals surface area contributed by atoms with Crippen LogP contribution in [0.4, 0.5) is 0 Å². The van der Waals surface area contributed by atoms with Gasteiger partial charge in [-0.05, 0) is 0 Å². The van der Waals surface area contributed by atoms with Crippen molar-refractivity contribution in [3.8, 4) is 0 Å². The number of benzene rings is 2. The predicted octanol–water partition coefficient (Wildman–Crippen LogP) is 1.27. The molecular weight excluding hydrogens is 551 g/mol. The van der Waals surface area contributed by atoms with Crippen molar-refractivity contribution >= 4 is 40.0 Å². The van der Waals surface area contributed by atoms with Crippen LogP contribution in [0, 0.1) is 25.7 Å². The molecule has 0 aliphatic rings. The van der Waals surface area contributed by atoms with E-state index in [2.05, 4.69) is 103 Å². The maximum Gasteiger partial charge on any atom is 4.00 e. The molecule has 0 bridgehead atoms. The molecule has 0 saturated carbocycles. The monoisotopic (exact) mass is 586 g/mol. The van der Waals surface area contributed by atoms with Gasteiger partial charge in [-0.3, -0.25) is 0 Å². The molecule has 0 unspecified atom stereocenters. The van der Waals surface area contributed by atoms with E-state index in [1.54, 1.807) is 32.3 Å². The molecule has 180 valence electrons. The molecule has 4 heteroatoms. The van der Waals surface area contributed by atoms with Gasteiger partial charge in [0.15, 0.2) is 0 Å². The molecule has 0 fully saturated rings. The molecule has 0 aliphatic heterocycles. The second-order valence-electron chi connectivity index (χ2n) is 11.0. The van der Waals surface area contributed by atoms with Crippen molar-refractivity contribution in [3.05, 3.63) is 70.8 Å². The third-order valence-electron chi connectivity index (χ3n) is 7.06. The van der Waals surface area contributed by atoms with Crippen LogP contribution in [-0.4, -0.2) is 8.07 Å². The van der Waals surface area contributed by atoms with Crippen LogP contribution in [0.25, 0.3) is 21.5 Å². The average Bonchev–Trinajstić information content (AvgIpc) is 3.17. The Bertz CT molecular complexity index is 1150. The van der Waals surface area contributed by atoms with E-state index in [9.17, 15) is 0 Å². The number of hydrogen-bond acceptors (Lipinski definition) is 0. The van der Waals surface area contributed by atoms with Gasteiger partial charge in [0.1, 0.15) is 0 Å². The predicted molar refractivity (Wildman–Crippen MR) is 142 cm³/mol. The van der Waals surface area contributed by atoms with Gasteiger partial charge in [0.2, 0.25) is 0 Å². The molecule has 0 saturated heterocycles. The minimum absolute atomic E-state index is 0. The Kier molecular flexibility index (Phi) is 11.1. The van der Waals surface area contributed by atoms with Gasteiger partial charge < -0.3 is 24.8 Å². The zero-order valence-corrected chi connectivity index (χ0v) is 26.9. The fourth-order valence-electron chi connectivity index (χ4n) is 5.62. The smallest absolute Gasteiger partial charge is 1.00 e. The largest absolute Gasteiger partial charge is 4.00 e. The molecule has 4 aromatic rings. The fourth-order valence-corrected chi connectivity index (χ4v) is 8.78. The molecular formula is C30H38Cl2SiZr. The van der Waals surface area contributed by atoms with Gasteiger partial charge in [0.05, 0.1) is 8.07 Å². The summed E-state index contributed by atoms with van der Waals surface area (Å²) in [7, 11) is -1.92. The number of halogens is 2. The Balaban J connectivity index is 0.00000193. The van der Waals surface area contributed by atoms with Gasteiger partial charge in [0, 0.05) is 0 Å². The van der Waals surface area contributed by atoms with E-state index >= 15 is 0 Å². The van der Waals surface area contributed by atoms with Crippen LogP contribution in [0.1, 0.15) is 49.9 Å². The van der Waals surface area contributed by atoms with Gasteiger partial charge in [-0.25, -0.2) is 0 Å². The molecule has 0 spiro atoms. The van der Waals surface area contributed by atoms with Crippen LogP contribution in [0.5, 0.6) is 0 Å². The van der Waals surface area contributed by atoms with Crippen LogP contribution in [0.3, 0.4) is 0 Å². The molecule has 0 radical (unpaired) electrons. The third kappa shape index (κ3) is 5.67. The van der Waals surface area contributed by atoms with Gasteiger partial charge in [-0.1, -0.05) is 102 Å². The normalized spacial score (nSPS) is 11.6. The first kappa shape index (κ1) is 31.4. The van der Waals surface area contributed by atoms with E-state index in [0.717, 1.165) is 12.8 Å².